The van der Waals surface area contributed by atoms with Crippen LogP contribution in [-0.2, 0) is 19.1 Å². The monoisotopic (exact) mass is 290 g/mol. The Bertz CT molecular complexity index is 531. The molecule has 112 valence electrons. The fourth-order valence-electron chi connectivity index (χ4n) is 1.51. The molecule has 5 heteroatoms. The summed E-state index contributed by atoms with van der Waals surface area (Å²) in [6.45, 7) is 3.02. The van der Waals surface area contributed by atoms with Gasteiger partial charge >= 0.3 is 11.9 Å². The molecule has 0 bridgehead atoms. The van der Waals surface area contributed by atoms with Crippen LogP contribution < -0.4 is 0 Å². The van der Waals surface area contributed by atoms with Crippen molar-refractivity contribution in [1.29, 1.82) is 0 Å². The van der Waals surface area contributed by atoms with Crippen LogP contribution in [-0.4, -0.2) is 23.7 Å². The number of ether oxygens (including phenoxy) is 2. The van der Waals surface area contributed by atoms with E-state index in [9.17, 15) is 14.7 Å². The number of hydrogen-bond acceptors (Lipinski definition) is 5. The third-order valence-corrected chi connectivity index (χ3v) is 2.41. The number of carbonyl (C=O) groups is 2. The number of hydrogen-bond donors (Lipinski definition) is 1. The van der Waals surface area contributed by atoms with Crippen molar-refractivity contribution in [2.75, 3.05) is 6.61 Å². The minimum absolute atomic E-state index is 0.174. The average Bonchev–Trinajstić information content (AvgIpc) is 2.46. The van der Waals surface area contributed by atoms with E-state index < -0.39 is 18.0 Å². The Hall–Kier alpha value is -2.40. The minimum Gasteiger partial charge on any atom is -0.460 e. The van der Waals surface area contributed by atoms with Crippen LogP contribution in [0.1, 0.15) is 25.5 Å². The Morgan fingerprint density at radius 2 is 1.95 bits per heavy atom. The van der Waals surface area contributed by atoms with Crippen LogP contribution in [0.25, 0.3) is 0 Å². The molecule has 0 heterocycles. The van der Waals surface area contributed by atoms with Gasteiger partial charge in [0.05, 0.1) is 12.7 Å². The van der Waals surface area contributed by atoms with E-state index in [4.69, 9.17) is 9.47 Å². The maximum atomic E-state index is 11.6. The molecule has 1 aromatic carbocycles. The van der Waals surface area contributed by atoms with Gasteiger partial charge in [0, 0.05) is 6.92 Å². The largest absolute Gasteiger partial charge is 0.460 e. The van der Waals surface area contributed by atoms with Gasteiger partial charge in [-0.15, -0.1) is 0 Å². The van der Waals surface area contributed by atoms with E-state index in [1.54, 1.807) is 19.1 Å². The molecular formula is C16H18O5. The van der Waals surface area contributed by atoms with Crippen molar-refractivity contribution in [2.45, 2.75) is 20.0 Å². The summed E-state index contributed by atoms with van der Waals surface area (Å²) in [6.07, 6.45) is 3.37. The van der Waals surface area contributed by atoms with Gasteiger partial charge in [0.25, 0.3) is 0 Å². The quantitative estimate of drug-likeness (QED) is 0.376. The third kappa shape index (κ3) is 6.05. The molecule has 21 heavy (non-hydrogen) atoms. The van der Waals surface area contributed by atoms with Gasteiger partial charge in [-0.05, 0) is 18.6 Å². The molecule has 0 spiro atoms. The summed E-state index contributed by atoms with van der Waals surface area (Å²) in [5.74, 6) is -1.57. The van der Waals surface area contributed by atoms with Gasteiger partial charge in [-0.3, -0.25) is 4.79 Å². The molecule has 0 radical (unpaired) electrons. The summed E-state index contributed by atoms with van der Waals surface area (Å²) in [5, 5.41) is 9.92. The molecule has 0 saturated carbocycles. The van der Waals surface area contributed by atoms with Crippen molar-refractivity contribution in [3.63, 3.8) is 0 Å². The van der Waals surface area contributed by atoms with Crippen LogP contribution in [0, 0.1) is 0 Å². The van der Waals surface area contributed by atoms with Crippen molar-refractivity contribution < 1.29 is 24.2 Å². The normalized spacial score (nSPS) is 13.0. The highest BCUT2D eigenvalue weighted by molar-refractivity contribution is 5.89. The summed E-state index contributed by atoms with van der Waals surface area (Å²) in [5.41, 5.74) is 0.715. The number of esters is 2. The molecule has 0 aromatic heterocycles. The van der Waals surface area contributed by atoms with Crippen molar-refractivity contribution in [3.05, 3.63) is 59.9 Å². The Balaban J connectivity index is 2.78. The summed E-state index contributed by atoms with van der Waals surface area (Å²) < 4.78 is 9.53. The zero-order chi connectivity index (χ0) is 15.7. The molecule has 0 fully saturated rings. The molecule has 1 aromatic rings. The zero-order valence-electron chi connectivity index (χ0n) is 12.0. The number of carbonyl (C=O) groups excluding carboxylic acids is 2. The van der Waals surface area contributed by atoms with Gasteiger partial charge in [-0.25, -0.2) is 4.79 Å². The van der Waals surface area contributed by atoms with E-state index in [0.29, 0.717) is 5.56 Å². The number of aliphatic hydroxyl groups is 1. The highest BCUT2D eigenvalue weighted by atomic mass is 16.6. The van der Waals surface area contributed by atoms with Gasteiger partial charge in [-0.2, -0.15) is 0 Å². The fourth-order valence-corrected chi connectivity index (χ4v) is 1.51. The van der Waals surface area contributed by atoms with Crippen LogP contribution in [0.2, 0.25) is 0 Å². The summed E-state index contributed by atoms with van der Waals surface area (Å²) >= 11 is 0. The zero-order valence-corrected chi connectivity index (χ0v) is 12.0. The lowest BCUT2D eigenvalue weighted by Crippen LogP contribution is -2.12. The molecule has 0 amide bonds. The Morgan fingerprint density at radius 1 is 1.29 bits per heavy atom. The first-order valence-electron chi connectivity index (χ1n) is 6.51. The molecule has 1 unspecified atom stereocenters. The lowest BCUT2D eigenvalue weighted by Gasteiger charge is -2.06. The Kier molecular flexibility index (Phi) is 6.91. The van der Waals surface area contributed by atoms with Crippen LogP contribution in [0.15, 0.2) is 54.3 Å². The third-order valence-electron chi connectivity index (χ3n) is 2.41. The second-order valence-corrected chi connectivity index (χ2v) is 4.09. The average molecular weight is 290 g/mol. The first kappa shape index (κ1) is 16.7. The molecule has 0 aliphatic rings. The SMILES string of the molecule is CCOC(=O)/C(=C/C=C/C(O)c1ccccc1)OC(C)=O. The number of rotatable bonds is 6. The molecule has 1 rings (SSSR count). The Labute approximate surface area is 123 Å². The number of allylic oxidation sites excluding steroid dienone is 2. The van der Waals surface area contributed by atoms with Crippen LogP contribution in [0.4, 0.5) is 0 Å². The van der Waals surface area contributed by atoms with Crippen LogP contribution in [0.3, 0.4) is 0 Å². The van der Waals surface area contributed by atoms with Gasteiger partial charge in [0.15, 0.2) is 0 Å². The smallest absolute Gasteiger partial charge is 0.374 e. The predicted molar refractivity (Wildman–Crippen MR) is 77.0 cm³/mol. The highest BCUT2D eigenvalue weighted by Gasteiger charge is 2.13. The highest BCUT2D eigenvalue weighted by Crippen LogP contribution is 2.13. The van der Waals surface area contributed by atoms with Crippen molar-refractivity contribution in [3.8, 4) is 0 Å². The maximum absolute atomic E-state index is 11.6. The molecule has 1 N–H and O–H groups in total. The van der Waals surface area contributed by atoms with E-state index in [1.807, 2.05) is 18.2 Å². The second kappa shape index (κ2) is 8.71. The van der Waals surface area contributed by atoms with Gasteiger partial charge < -0.3 is 14.6 Å². The molecule has 0 aliphatic heterocycles. The summed E-state index contributed by atoms with van der Waals surface area (Å²) in [4.78, 5) is 22.5. The number of aliphatic hydroxyl groups excluding tert-OH is 1. The minimum atomic E-state index is -0.816. The number of benzene rings is 1. The van der Waals surface area contributed by atoms with Crippen molar-refractivity contribution >= 4 is 11.9 Å². The molecule has 0 aliphatic carbocycles. The molecule has 1 atom stereocenters. The van der Waals surface area contributed by atoms with E-state index in [2.05, 4.69) is 0 Å². The topological polar surface area (TPSA) is 72.8 Å². The van der Waals surface area contributed by atoms with E-state index >= 15 is 0 Å². The van der Waals surface area contributed by atoms with Gasteiger partial charge in [0.2, 0.25) is 5.76 Å². The standard InChI is InChI=1S/C16H18O5/c1-3-20-16(19)15(21-12(2)17)11-7-10-14(18)13-8-5-4-6-9-13/h4-11,14,18H,3H2,1-2H3/b10-7+,15-11-. The van der Waals surface area contributed by atoms with Gasteiger partial charge in [-0.1, -0.05) is 42.5 Å². The van der Waals surface area contributed by atoms with Crippen molar-refractivity contribution in [2.24, 2.45) is 0 Å². The van der Waals surface area contributed by atoms with Crippen molar-refractivity contribution in [1.82, 2.24) is 0 Å². The van der Waals surface area contributed by atoms with Crippen LogP contribution >= 0.6 is 0 Å². The lowest BCUT2D eigenvalue weighted by molar-refractivity contribution is -0.150. The molecular weight excluding hydrogens is 272 g/mol. The first-order chi connectivity index (χ1) is 10.0. The van der Waals surface area contributed by atoms with E-state index in [-0.39, 0.29) is 12.4 Å². The summed E-state index contributed by atoms with van der Waals surface area (Å²) in [7, 11) is 0. The predicted octanol–water partition coefficient (Wildman–Crippen LogP) is 2.29. The molecule has 0 saturated heterocycles. The first-order valence-corrected chi connectivity index (χ1v) is 6.51. The molecule has 5 nitrogen and oxygen atoms in total. The second-order valence-electron chi connectivity index (χ2n) is 4.09. The van der Waals surface area contributed by atoms with Crippen LogP contribution in [0.5, 0.6) is 0 Å². The van der Waals surface area contributed by atoms with E-state index in [1.165, 1.54) is 25.2 Å². The van der Waals surface area contributed by atoms with E-state index in [0.717, 1.165) is 0 Å². The lowest BCUT2D eigenvalue weighted by atomic mass is 10.1. The summed E-state index contributed by atoms with van der Waals surface area (Å²) in [6, 6.07) is 9.02. The maximum Gasteiger partial charge on any atom is 0.374 e. The Morgan fingerprint density at radius 3 is 2.52 bits per heavy atom. The van der Waals surface area contributed by atoms with Gasteiger partial charge in [0.1, 0.15) is 0 Å². The fraction of sp³-hybridized carbons (Fsp3) is 0.250.